The molecule has 160 valence electrons. The third-order valence-electron chi connectivity index (χ3n) is 5.79. The van der Waals surface area contributed by atoms with E-state index in [9.17, 15) is 9.59 Å². The van der Waals surface area contributed by atoms with E-state index in [0.717, 1.165) is 31.6 Å². The smallest absolute Gasteiger partial charge is 0.326 e. The number of likely N-dealkylation sites (tertiary alicyclic amines) is 1. The van der Waals surface area contributed by atoms with Crippen molar-refractivity contribution < 1.29 is 19.1 Å². The highest BCUT2D eigenvalue weighted by atomic mass is 16.5. The molecule has 1 aromatic rings. The average Bonchev–Trinajstić information content (AvgIpc) is 2.75. The molecule has 1 amide bonds. The van der Waals surface area contributed by atoms with E-state index in [1.807, 2.05) is 30.3 Å². The lowest BCUT2D eigenvalue weighted by Gasteiger charge is -2.35. The van der Waals surface area contributed by atoms with Crippen LogP contribution in [0.4, 0.5) is 5.69 Å². The summed E-state index contributed by atoms with van der Waals surface area (Å²) in [4.78, 5) is 28.7. The van der Waals surface area contributed by atoms with Crippen molar-refractivity contribution in [1.29, 1.82) is 0 Å². The standard InChI is InChI=1S/C23H34N2O4/c1-2-28-23(27)18-25(19-9-5-3-6-10-19)22(26)17-24-15-13-21(14-16-24)29-20-11-7-4-8-12-20/h3,5-6,9-10,20-21H,2,4,7-8,11-18H2,1H3. The van der Waals surface area contributed by atoms with Crippen LogP contribution in [0.2, 0.25) is 0 Å². The molecule has 0 unspecified atom stereocenters. The zero-order valence-corrected chi connectivity index (χ0v) is 17.6. The minimum Gasteiger partial charge on any atom is -0.465 e. The maximum Gasteiger partial charge on any atom is 0.326 e. The van der Waals surface area contributed by atoms with Gasteiger partial charge in [-0.15, -0.1) is 0 Å². The van der Waals surface area contributed by atoms with Gasteiger partial charge >= 0.3 is 5.97 Å². The second-order valence-corrected chi connectivity index (χ2v) is 7.99. The van der Waals surface area contributed by atoms with Gasteiger partial charge in [0.15, 0.2) is 0 Å². The van der Waals surface area contributed by atoms with Gasteiger partial charge in [0.25, 0.3) is 0 Å². The number of ether oxygens (including phenoxy) is 2. The van der Waals surface area contributed by atoms with Crippen molar-refractivity contribution in [3.05, 3.63) is 30.3 Å². The highest BCUT2D eigenvalue weighted by molar-refractivity contribution is 5.98. The fraction of sp³-hybridized carbons (Fsp3) is 0.652. The van der Waals surface area contributed by atoms with E-state index in [4.69, 9.17) is 9.47 Å². The number of carbonyl (C=O) groups excluding carboxylic acids is 2. The molecule has 6 heteroatoms. The van der Waals surface area contributed by atoms with Crippen LogP contribution in [0, 0.1) is 0 Å². The van der Waals surface area contributed by atoms with E-state index in [1.165, 1.54) is 37.0 Å². The van der Waals surface area contributed by atoms with Gasteiger partial charge in [-0.2, -0.15) is 0 Å². The van der Waals surface area contributed by atoms with Gasteiger partial charge in [0.1, 0.15) is 6.54 Å². The summed E-state index contributed by atoms with van der Waals surface area (Å²) in [5.74, 6) is -0.458. The number of rotatable bonds is 8. The van der Waals surface area contributed by atoms with E-state index in [0.29, 0.717) is 25.4 Å². The Balaban J connectivity index is 1.51. The fourth-order valence-corrected chi connectivity index (χ4v) is 4.22. The number of hydrogen-bond donors (Lipinski definition) is 0. The summed E-state index contributed by atoms with van der Waals surface area (Å²) in [6, 6.07) is 9.33. The predicted octanol–water partition coefficient (Wildman–Crippen LogP) is 3.40. The molecular formula is C23H34N2O4. The normalized spacial score (nSPS) is 19.1. The second kappa shape index (κ2) is 11.3. The van der Waals surface area contributed by atoms with E-state index >= 15 is 0 Å². The van der Waals surface area contributed by atoms with Gasteiger partial charge in [-0.3, -0.25) is 14.5 Å². The van der Waals surface area contributed by atoms with Crippen LogP contribution in [0.3, 0.4) is 0 Å². The lowest BCUT2D eigenvalue weighted by molar-refractivity contribution is -0.142. The molecule has 1 heterocycles. The summed E-state index contributed by atoms with van der Waals surface area (Å²) < 4.78 is 11.4. The Hall–Kier alpha value is -1.92. The topological polar surface area (TPSA) is 59.1 Å². The number of nitrogens with zero attached hydrogens (tertiary/aromatic N) is 2. The maximum absolute atomic E-state index is 13.0. The van der Waals surface area contributed by atoms with Gasteiger partial charge in [-0.25, -0.2) is 0 Å². The van der Waals surface area contributed by atoms with Gasteiger partial charge in [0.05, 0.1) is 25.4 Å². The van der Waals surface area contributed by atoms with Crippen LogP contribution in [0.1, 0.15) is 51.9 Å². The van der Waals surface area contributed by atoms with Gasteiger partial charge < -0.3 is 14.4 Å². The number of hydrogen-bond acceptors (Lipinski definition) is 5. The van der Waals surface area contributed by atoms with Crippen LogP contribution in [0.25, 0.3) is 0 Å². The zero-order valence-electron chi connectivity index (χ0n) is 17.6. The number of amides is 1. The first-order valence-electron chi connectivity index (χ1n) is 11.0. The van der Waals surface area contributed by atoms with E-state index in [1.54, 1.807) is 6.92 Å². The van der Waals surface area contributed by atoms with E-state index in [-0.39, 0.29) is 18.4 Å². The first-order chi connectivity index (χ1) is 14.2. The minimum atomic E-state index is -0.385. The van der Waals surface area contributed by atoms with Crippen molar-refractivity contribution in [1.82, 2.24) is 4.90 Å². The average molecular weight is 403 g/mol. The molecule has 0 spiro atoms. The summed E-state index contributed by atoms with van der Waals surface area (Å²) in [5, 5.41) is 0. The summed E-state index contributed by atoms with van der Waals surface area (Å²) in [5.41, 5.74) is 0.723. The molecular weight excluding hydrogens is 368 g/mol. The number of benzene rings is 1. The first-order valence-corrected chi connectivity index (χ1v) is 11.0. The molecule has 1 aromatic carbocycles. The third-order valence-corrected chi connectivity index (χ3v) is 5.79. The lowest BCUT2D eigenvalue weighted by atomic mass is 9.97. The number of piperidine rings is 1. The van der Waals surface area contributed by atoms with Crippen molar-refractivity contribution in [2.24, 2.45) is 0 Å². The van der Waals surface area contributed by atoms with Crippen LogP contribution in [0.5, 0.6) is 0 Å². The predicted molar refractivity (Wildman–Crippen MR) is 113 cm³/mol. The number of carbonyl (C=O) groups is 2. The lowest BCUT2D eigenvalue weighted by Crippen LogP contribution is -2.46. The van der Waals surface area contributed by atoms with Gasteiger partial charge in [-0.1, -0.05) is 37.5 Å². The molecule has 3 rings (SSSR count). The second-order valence-electron chi connectivity index (χ2n) is 7.99. The van der Waals surface area contributed by atoms with E-state index in [2.05, 4.69) is 4.90 Å². The van der Waals surface area contributed by atoms with Crippen molar-refractivity contribution >= 4 is 17.6 Å². The van der Waals surface area contributed by atoms with Crippen LogP contribution >= 0.6 is 0 Å². The molecule has 0 N–H and O–H groups in total. The number of anilines is 1. The third kappa shape index (κ3) is 6.82. The zero-order chi connectivity index (χ0) is 20.5. The Morgan fingerprint density at radius 3 is 2.31 bits per heavy atom. The summed E-state index contributed by atoms with van der Waals surface area (Å²) >= 11 is 0. The molecule has 1 saturated heterocycles. The molecule has 2 aliphatic rings. The fourth-order valence-electron chi connectivity index (χ4n) is 4.22. The highest BCUT2D eigenvalue weighted by Crippen LogP contribution is 2.25. The van der Waals surface area contributed by atoms with Crippen LogP contribution in [-0.4, -0.2) is 61.8 Å². The largest absolute Gasteiger partial charge is 0.465 e. The van der Waals surface area contributed by atoms with Gasteiger partial charge in [-0.05, 0) is 44.7 Å². The van der Waals surface area contributed by atoms with Crippen molar-refractivity contribution in [2.45, 2.75) is 64.1 Å². The molecule has 2 fully saturated rings. The maximum atomic E-state index is 13.0. The minimum absolute atomic E-state index is 0.0576. The number of esters is 1. The quantitative estimate of drug-likeness (QED) is 0.624. The van der Waals surface area contributed by atoms with Crippen molar-refractivity contribution in [3.63, 3.8) is 0 Å². The summed E-state index contributed by atoms with van der Waals surface area (Å²) in [6.07, 6.45) is 8.97. The van der Waals surface area contributed by atoms with Gasteiger partial charge in [0, 0.05) is 18.8 Å². The summed E-state index contributed by atoms with van der Waals surface area (Å²) in [7, 11) is 0. The first kappa shape index (κ1) is 21.8. The Morgan fingerprint density at radius 1 is 1.00 bits per heavy atom. The molecule has 6 nitrogen and oxygen atoms in total. The Labute approximate surface area is 174 Å². The Morgan fingerprint density at radius 2 is 1.66 bits per heavy atom. The summed E-state index contributed by atoms with van der Waals surface area (Å²) in [6.45, 7) is 4.04. The molecule has 0 bridgehead atoms. The molecule has 0 aromatic heterocycles. The van der Waals surface area contributed by atoms with Gasteiger partial charge in [0.2, 0.25) is 5.91 Å². The van der Waals surface area contributed by atoms with Crippen molar-refractivity contribution in [2.75, 3.05) is 37.7 Å². The molecule has 1 aliphatic heterocycles. The van der Waals surface area contributed by atoms with Crippen molar-refractivity contribution in [3.8, 4) is 0 Å². The molecule has 29 heavy (non-hydrogen) atoms. The van der Waals surface area contributed by atoms with Crippen LogP contribution in [-0.2, 0) is 19.1 Å². The SMILES string of the molecule is CCOC(=O)CN(C(=O)CN1CCC(OC2CCCCC2)CC1)c1ccccc1. The molecule has 1 aliphatic carbocycles. The van der Waals surface area contributed by atoms with Crippen LogP contribution in [0.15, 0.2) is 30.3 Å². The Kier molecular flexibility index (Phi) is 8.50. The van der Waals surface area contributed by atoms with E-state index < -0.39 is 0 Å². The molecule has 1 saturated carbocycles. The Bertz CT molecular complexity index is 638. The number of para-hydroxylation sites is 1. The monoisotopic (exact) mass is 402 g/mol. The molecule has 0 radical (unpaired) electrons. The molecule has 0 atom stereocenters. The highest BCUT2D eigenvalue weighted by Gasteiger charge is 2.27. The van der Waals surface area contributed by atoms with Crippen LogP contribution < -0.4 is 4.90 Å².